The molecule has 0 spiro atoms. The van der Waals surface area contributed by atoms with Crippen molar-refractivity contribution in [2.45, 2.75) is 26.4 Å². The van der Waals surface area contributed by atoms with Gasteiger partial charge in [0.1, 0.15) is 5.76 Å². The van der Waals surface area contributed by atoms with Crippen molar-refractivity contribution in [1.82, 2.24) is 10.2 Å². The molecule has 0 aliphatic heterocycles. The summed E-state index contributed by atoms with van der Waals surface area (Å²) in [7, 11) is 1.98. The van der Waals surface area contributed by atoms with E-state index in [1.807, 2.05) is 18.2 Å². The Morgan fingerprint density at radius 1 is 1.56 bits per heavy atom. The highest BCUT2D eigenvalue weighted by atomic mass is 16.3. The van der Waals surface area contributed by atoms with Crippen LogP contribution in [-0.2, 0) is 13.1 Å². The molecule has 0 saturated carbocycles. The van der Waals surface area contributed by atoms with Crippen LogP contribution in [0.3, 0.4) is 0 Å². The summed E-state index contributed by atoms with van der Waals surface area (Å²) in [5, 5.41) is 3.34. The Morgan fingerprint density at radius 2 is 2.38 bits per heavy atom. The van der Waals surface area contributed by atoms with Gasteiger partial charge in [-0.3, -0.25) is 4.90 Å². The molecule has 0 bridgehead atoms. The van der Waals surface area contributed by atoms with Gasteiger partial charge in [0, 0.05) is 12.1 Å². The fourth-order valence-electron chi connectivity index (χ4n) is 1.49. The molecule has 0 radical (unpaired) electrons. The van der Waals surface area contributed by atoms with E-state index < -0.39 is 0 Å². The predicted molar refractivity (Wildman–Crippen MR) is 65.9 cm³/mol. The van der Waals surface area contributed by atoms with Crippen molar-refractivity contribution in [3.63, 3.8) is 0 Å². The van der Waals surface area contributed by atoms with Crippen LogP contribution in [0.1, 0.15) is 24.7 Å². The van der Waals surface area contributed by atoms with Crippen LogP contribution >= 0.6 is 0 Å². The zero-order chi connectivity index (χ0) is 11.8. The van der Waals surface area contributed by atoms with Gasteiger partial charge in [-0.05, 0) is 26.1 Å². The van der Waals surface area contributed by atoms with E-state index in [0.29, 0.717) is 6.54 Å². The molecule has 0 amide bonds. The van der Waals surface area contributed by atoms with Gasteiger partial charge >= 0.3 is 0 Å². The minimum Gasteiger partial charge on any atom is -0.468 e. The van der Waals surface area contributed by atoms with Gasteiger partial charge in [0.25, 0.3) is 0 Å². The normalized spacial score (nSPS) is 10.6. The lowest BCUT2D eigenvalue weighted by atomic mass is 10.3. The molecule has 1 N–H and O–H groups in total. The lowest BCUT2D eigenvalue weighted by Gasteiger charge is -2.09. The average Bonchev–Trinajstić information content (AvgIpc) is 2.66. The number of terminal acetylenes is 1. The van der Waals surface area contributed by atoms with Gasteiger partial charge < -0.3 is 9.73 Å². The van der Waals surface area contributed by atoms with E-state index in [4.69, 9.17) is 10.8 Å². The van der Waals surface area contributed by atoms with Crippen molar-refractivity contribution in [3.05, 3.63) is 23.7 Å². The Kier molecular flexibility index (Phi) is 5.69. The zero-order valence-electron chi connectivity index (χ0n) is 10.1. The van der Waals surface area contributed by atoms with Crippen LogP contribution in [0.5, 0.6) is 0 Å². The molecule has 1 heterocycles. The first-order chi connectivity index (χ1) is 7.76. The Bertz CT molecular complexity index is 338. The maximum absolute atomic E-state index is 5.46. The number of hydrogen-bond acceptors (Lipinski definition) is 3. The number of rotatable bonds is 7. The highest BCUT2D eigenvalue weighted by Crippen LogP contribution is 2.09. The summed E-state index contributed by atoms with van der Waals surface area (Å²) < 4.78 is 5.46. The molecule has 0 unspecified atom stereocenters. The molecule has 1 rings (SSSR count). The van der Waals surface area contributed by atoms with Gasteiger partial charge in [-0.1, -0.05) is 12.8 Å². The summed E-state index contributed by atoms with van der Waals surface area (Å²) in [6.07, 6.45) is 8.19. The van der Waals surface area contributed by atoms with E-state index in [2.05, 4.69) is 24.2 Å². The quantitative estimate of drug-likeness (QED) is 0.561. The molecular weight excluding hydrogens is 200 g/mol. The number of nitrogens with one attached hydrogen (secondary N) is 1. The molecule has 88 valence electrons. The van der Waals surface area contributed by atoms with Gasteiger partial charge in [-0.15, -0.1) is 6.42 Å². The van der Waals surface area contributed by atoms with Gasteiger partial charge in [0.15, 0.2) is 0 Å². The fraction of sp³-hybridized carbons (Fsp3) is 0.538. The first kappa shape index (κ1) is 12.8. The highest BCUT2D eigenvalue weighted by molar-refractivity contribution is 5.12. The molecule has 0 aliphatic rings. The largest absolute Gasteiger partial charge is 0.468 e. The predicted octanol–water partition coefficient (Wildman–Crippen LogP) is 1.84. The first-order valence-corrected chi connectivity index (χ1v) is 5.65. The number of furan rings is 1. The molecule has 0 atom stereocenters. The van der Waals surface area contributed by atoms with Crippen molar-refractivity contribution in [3.8, 4) is 12.3 Å². The van der Waals surface area contributed by atoms with E-state index in [0.717, 1.165) is 31.8 Å². The first-order valence-electron chi connectivity index (χ1n) is 5.65. The second kappa shape index (κ2) is 7.10. The van der Waals surface area contributed by atoms with Crippen molar-refractivity contribution in [2.75, 3.05) is 20.1 Å². The van der Waals surface area contributed by atoms with E-state index in [-0.39, 0.29) is 0 Å². The SMILES string of the molecule is C#CCN(C)Cc1cc(CNCCC)co1. The summed E-state index contributed by atoms with van der Waals surface area (Å²) in [5.41, 5.74) is 1.19. The van der Waals surface area contributed by atoms with E-state index in [1.54, 1.807) is 0 Å². The number of nitrogens with zero attached hydrogens (tertiary/aromatic N) is 1. The molecule has 3 nitrogen and oxygen atoms in total. The van der Waals surface area contributed by atoms with Crippen molar-refractivity contribution in [2.24, 2.45) is 0 Å². The molecule has 0 aliphatic carbocycles. The third kappa shape index (κ3) is 4.52. The van der Waals surface area contributed by atoms with Gasteiger partial charge in [-0.2, -0.15) is 0 Å². The molecule has 1 aromatic heterocycles. The standard InChI is InChI=1S/C13H20N2O/c1-4-6-14-9-12-8-13(16-11-12)10-15(3)7-5-2/h2,8,11,14H,4,6-7,9-10H2,1,3H3. The fourth-order valence-corrected chi connectivity index (χ4v) is 1.49. The lowest BCUT2D eigenvalue weighted by molar-refractivity contribution is 0.326. The average molecular weight is 220 g/mol. The van der Waals surface area contributed by atoms with Crippen molar-refractivity contribution in [1.29, 1.82) is 0 Å². The summed E-state index contributed by atoms with van der Waals surface area (Å²) >= 11 is 0. The molecule has 0 fully saturated rings. The van der Waals surface area contributed by atoms with Crippen LogP contribution in [0.4, 0.5) is 0 Å². The van der Waals surface area contributed by atoms with E-state index in [1.165, 1.54) is 5.56 Å². The Balaban J connectivity index is 2.36. The van der Waals surface area contributed by atoms with Crippen molar-refractivity contribution < 1.29 is 4.42 Å². The third-order valence-corrected chi connectivity index (χ3v) is 2.25. The zero-order valence-corrected chi connectivity index (χ0v) is 10.1. The highest BCUT2D eigenvalue weighted by Gasteiger charge is 2.04. The van der Waals surface area contributed by atoms with Gasteiger partial charge in [-0.25, -0.2) is 0 Å². The van der Waals surface area contributed by atoms with Crippen LogP contribution in [0.2, 0.25) is 0 Å². The Labute approximate surface area is 97.8 Å². The second-order valence-corrected chi connectivity index (χ2v) is 3.97. The molecule has 0 aromatic carbocycles. The minimum absolute atomic E-state index is 0.643. The molecule has 1 aromatic rings. The molecule has 3 heteroatoms. The summed E-state index contributed by atoms with van der Waals surface area (Å²) in [6, 6.07) is 2.08. The van der Waals surface area contributed by atoms with Gasteiger partial charge in [0.2, 0.25) is 0 Å². The maximum atomic E-state index is 5.46. The van der Waals surface area contributed by atoms with Crippen LogP contribution in [-0.4, -0.2) is 25.0 Å². The summed E-state index contributed by atoms with van der Waals surface area (Å²) in [5.74, 6) is 3.57. The van der Waals surface area contributed by atoms with Crippen LogP contribution < -0.4 is 5.32 Å². The smallest absolute Gasteiger partial charge is 0.118 e. The molecular formula is C13H20N2O. The Hall–Kier alpha value is -1.24. The van der Waals surface area contributed by atoms with E-state index >= 15 is 0 Å². The Morgan fingerprint density at radius 3 is 3.06 bits per heavy atom. The van der Waals surface area contributed by atoms with E-state index in [9.17, 15) is 0 Å². The van der Waals surface area contributed by atoms with Crippen LogP contribution in [0, 0.1) is 12.3 Å². The monoisotopic (exact) mass is 220 g/mol. The second-order valence-electron chi connectivity index (χ2n) is 3.97. The summed E-state index contributed by atoms with van der Waals surface area (Å²) in [6.45, 7) is 5.47. The summed E-state index contributed by atoms with van der Waals surface area (Å²) in [4.78, 5) is 2.04. The van der Waals surface area contributed by atoms with Crippen LogP contribution in [0.15, 0.2) is 16.7 Å². The van der Waals surface area contributed by atoms with Crippen LogP contribution in [0.25, 0.3) is 0 Å². The maximum Gasteiger partial charge on any atom is 0.118 e. The number of hydrogen-bond donors (Lipinski definition) is 1. The lowest BCUT2D eigenvalue weighted by Crippen LogP contribution is -2.17. The molecule has 0 saturated heterocycles. The topological polar surface area (TPSA) is 28.4 Å². The molecule has 16 heavy (non-hydrogen) atoms. The third-order valence-electron chi connectivity index (χ3n) is 2.25. The van der Waals surface area contributed by atoms with Gasteiger partial charge in [0.05, 0.1) is 19.4 Å². The minimum atomic E-state index is 0.643. The van der Waals surface area contributed by atoms with Crippen molar-refractivity contribution >= 4 is 0 Å².